The number of hydrogen-bond acceptors (Lipinski definition) is 6. The first-order valence-corrected chi connectivity index (χ1v) is 10.6. The number of anilines is 1. The fourth-order valence-corrected chi connectivity index (χ4v) is 4.23. The first-order chi connectivity index (χ1) is 15.6. The number of hydrogen-bond donors (Lipinski definition) is 2. The van der Waals surface area contributed by atoms with Crippen molar-refractivity contribution < 1.29 is 14.4 Å². The first-order valence-electron chi connectivity index (χ1n) is 10.6. The van der Waals surface area contributed by atoms with Crippen LogP contribution in [0.25, 0.3) is 10.9 Å². The summed E-state index contributed by atoms with van der Waals surface area (Å²) in [7, 11) is 0. The van der Waals surface area contributed by atoms with Gasteiger partial charge in [-0.3, -0.25) is 14.5 Å². The molecule has 2 aliphatic heterocycles. The van der Waals surface area contributed by atoms with Crippen LogP contribution in [0.2, 0.25) is 0 Å². The molecule has 2 saturated heterocycles. The second-order valence-corrected chi connectivity index (χ2v) is 7.91. The van der Waals surface area contributed by atoms with E-state index in [4.69, 9.17) is 0 Å². The lowest BCUT2D eigenvalue weighted by molar-refractivity contribution is -0.137. The third-order valence-corrected chi connectivity index (χ3v) is 5.97. The van der Waals surface area contributed by atoms with E-state index in [1.807, 2.05) is 35.4 Å². The fraction of sp³-hybridized carbons (Fsp3) is 0.318. The van der Waals surface area contributed by atoms with Gasteiger partial charge in [0.15, 0.2) is 0 Å². The van der Waals surface area contributed by atoms with Gasteiger partial charge in [-0.05, 0) is 17.7 Å². The largest absolute Gasteiger partial charge is 0.361 e. The second-order valence-electron chi connectivity index (χ2n) is 7.91. The Balaban J connectivity index is 1.19. The summed E-state index contributed by atoms with van der Waals surface area (Å²) in [4.78, 5) is 54.4. The Morgan fingerprint density at radius 2 is 1.78 bits per heavy atom. The molecule has 0 aliphatic carbocycles. The Labute approximate surface area is 184 Å². The van der Waals surface area contributed by atoms with E-state index in [0.717, 1.165) is 21.4 Å². The SMILES string of the molecule is O=C(CN1C(=O)N[C@H](Cc2c[nH]c3ccccc23)C1=O)N1CCN(c2ncccn2)CC1. The normalized spacial score (nSPS) is 19.0. The molecule has 4 heterocycles. The van der Waals surface area contributed by atoms with Crippen LogP contribution < -0.4 is 10.2 Å². The summed E-state index contributed by atoms with van der Waals surface area (Å²) in [5.41, 5.74) is 1.93. The number of aromatic nitrogens is 3. The lowest BCUT2D eigenvalue weighted by Gasteiger charge is -2.35. The molecule has 2 N–H and O–H groups in total. The van der Waals surface area contributed by atoms with E-state index in [9.17, 15) is 14.4 Å². The van der Waals surface area contributed by atoms with Gasteiger partial charge in [-0.25, -0.2) is 14.8 Å². The number of nitrogens with zero attached hydrogens (tertiary/aromatic N) is 5. The van der Waals surface area contributed by atoms with E-state index in [1.165, 1.54) is 0 Å². The van der Waals surface area contributed by atoms with Gasteiger partial charge < -0.3 is 20.1 Å². The number of piperazine rings is 1. The van der Waals surface area contributed by atoms with Crippen LogP contribution in [0.5, 0.6) is 0 Å². The van der Waals surface area contributed by atoms with E-state index in [0.29, 0.717) is 38.5 Å². The van der Waals surface area contributed by atoms with Crippen molar-refractivity contribution in [1.82, 2.24) is 30.1 Å². The summed E-state index contributed by atoms with van der Waals surface area (Å²) in [6.45, 7) is 1.91. The number of urea groups is 1. The van der Waals surface area contributed by atoms with Crippen molar-refractivity contribution in [3.8, 4) is 0 Å². The monoisotopic (exact) mass is 433 g/mol. The molecule has 1 atom stereocenters. The molecule has 2 fully saturated rings. The number of aromatic amines is 1. The van der Waals surface area contributed by atoms with Gasteiger partial charge in [-0.2, -0.15) is 0 Å². The molecular formula is C22H23N7O3. The maximum absolute atomic E-state index is 12.9. The number of H-pyrrole nitrogens is 1. The molecule has 0 bridgehead atoms. The second kappa shape index (κ2) is 8.29. The predicted octanol–water partition coefficient (Wildman–Crippen LogP) is 0.770. The van der Waals surface area contributed by atoms with Crippen LogP contribution in [0.4, 0.5) is 10.7 Å². The van der Waals surface area contributed by atoms with Crippen LogP contribution in [0.15, 0.2) is 48.9 Å². The molecule has 0 spiro atoms. The quantitative estimate of drug-likeness (QED) is 0.575. The van der Waals surface area contributed by atoms with Gasteiger partial charge >= 0.3 is 6.03 Å². The topological polar surface area (TPSA) is 115 Å². The van der Waals surface area contributed by atoms with Crippen molar-refractivity contribution in [1.29, 1.82) is 0 Å². The molecule has 10 heteroatoms. The van der Waals surface area contributed by atoms with Gasteiger partial charge in [-0.1, -0.05) is 18.2 Å². The number of nitrogens with one attached hydrogen (secondary N) is 2. The van der Waals surface area contributed by atoms with Crippen molar-refractivity contribution in [3.05, 3.63) is 54.5 Å². The molecule has 1 aromatic carbocycles. The molecule has 0 saturated carbocycles. The number of para-hydroxylation sites is 1. The molecule has 10 nitrogen and oxygen atoms in total. The summed E-state index contributed by atoms with van der Waals surface area (Å²) in [6.07, 6.45) is 5.59. The van der Waals surface area contributed by atoms with Gasteiger partial charge in [0.25, 0.3) is 5.91 Å². The van der Waals surface area contributed by atoms with Crippen LogP contribution in [0, 0.1) is 0 Å². The zero-order valence-corrected chi connectivity index (χ0v) is 17.4. The number of amides is 4. The van der Waals surface area contributed by atoms with Crippen molar-refractivity contribution in [2.45, 2.75) is 12.5 Å². The minimum absolute atomic E-state index is 0.241. The van der Waals surface area contributed by atoms with Gasteiger partial charge in [0.1, 0.15) is 12.6 Å². The van der Waals surface area contributed by atoms with Crippen LogP contribution in [0.1, 0.15) is 5.56 Å². The van der Waals surface area contributed by atoms with Gasteiger partial charge in [0.05, 0.1) is 0 Å². The van der Waals surface area contributed by atoms with Gasteiger partial charge in [0.2, 0.25) is 11.9 Å². The van der Waals surface area contributed by atoms with Crippen LogP contribution in [-0.4, -0.2) is 81.4 Å². The minimum atomic E-state index is -0.679. The number of benzene rings is 1. The summed E-state index contributed by atoms with van der Waals surface area (Å²) in [5, 5.41) is 3.74. The van der Waals surface area contributed by atoms with Crippen molar-refractivity contribution >= 4 is 34.7 Å². The standard InChI is InChI=1S/C22H23N7O3/c30-19(27-8-10-28(11-9-27)21-23-6-3-7-24-21)14-29-20(31)18(26-22(29)32)12-15-13-25-17-5-2-1-4-16(15)17/h1-7,13,18,25H,8-12,14H2,(H,26,32)/t18-/m1/s1. The highest BCUT2D eigenvalue weighted by Crippen LogP contribution is 2.21. The number of fused-ring (bicyclic) bond motifs is 1. The summed E-state index contributed by atoms with van der Waals surface area (Å²) in [6, 6.07) is 8.36. The highest BCUT2D eigenvalue weighted by atomic mass is 16.2. The average Bonchev–Trinajstić information content (AvgIpc) is 3.36. The van der Waals surface area contributed by atoms with Crippen molar-refractivity contribution in [2.24, 2.45) is 0 Å². The van der Waals surface area contributed by atoms with E-state index >= 15 is 0 Å². The van der Waals surface area contributed by atoms with Crippen molar-refractivity contribution in [3.63, 3.8) is 0 Å². The molecule has 4 amide bonds. The van der Waals surface area contributed by atoms with Gasteiger partial charge in [0, 0.05) is 62.1 Å². The summed E-state index contributed by atoms with van der Waals surface area (Å²) in [5.74, 6) is 0.0219. The van der Waals surface area contributed by atoms with E-state index in [2.05, 4.69) is 20.3 Å². The van der Waals surface area contributed by atoms with Gasteiger partial charge in [-0.15, -0.1) is 0 Å². The minimum Gasteiger partial charge on any atom is -0.361 e. The van der Waals surface area contributed by atoms with E-state index < -0.39 is 12.1 Å². The number of carbonyl (C=O) groups excluding carboxylic acids is 3. The third kappa shape index (κ3) is 3.75. The number of rotatable bonds is 5. The Morgan fingerprint density at radius 3 is 2.56 bits per heavy atom. The smallest absolute Gasteiger partial charge is 0.325 e. The fourth-order valence-electron chi connectivity index (χ4n) is 4.23. The molecule has 2 aliphatic rings. The lowest BCUT2D eigenvalue weighted by Crippen LogP contribution is -2.52. The molecule has 3 aromatic rings. The molecule has 2 aromatic heterocycles. The van der Waals surface area contributed by atoms with E-state index in [-0.39, 0.29) is 18.4 Å². The van der Waals surface area contributed by atoms with Crippen LogP contribution in [-0.2, 0) is 16.0 Å². The highest BCUT2D eigenvalue weighted by molar-refractivity contribution is 6.06. The average molecular weight is 433 g/mol. The van der Waals surface area contributed by atoms with Crippen molar-refractivity contribution in [2.75, 3.05) is 37.6 Å². The van der Waals surface area contributed by atoms with Crippen LogP contribution >= 0.6 is 0 Å². The Hall–Kier alpha value is -3.95. The molecule has 0 unspecified atom stereocenters. The summed E-state index contributed by atoms with van der Waals surface area (Å²) >= 11 is 0. The van der Waals surface area contributed by atoms with Crippen LogP contribution in [0.3, 0.4) is 0 Å². The number of imide groups is 1. The maximum atomic E-state index is 12.9. The molecule has 5 rings (SSSR count). The number of carbonyl (C=O) groups is 3. The predicted molar refractivity (Wildman–Crippen MR) is 117 cm³/mol. The Kier molecular flexibility index (Phi) is 5.18. The Morgan fingerprint density at radius 1 is 1.03 bits per heavy atom. The lowest BCUT2D eigenvalue weighted by atomic mass is 10.1. The highest BCUT2D eigenvalue weighted by Gasteiger charge is 2.40. The molecular weight excluding hydrogens is 410 g/mol. The zero-order valence-electron chi connectivity index (χ0n) is 17.4. The van der Waals surface area contributed by atoms with E-state index in [1.54, 1.807) is 23.4 Å². The maximum Gasteiger partial charge on any atom is 0.325 e. The Bertz CT molecular complexity index is 1150. The molecule has 0 radical (unpaired) electrons. The summed E-state index contributed by atoms with van der Waals surface area (Å²) < 4.78 is 0. The first kappa shape index (κ1) is 20.0. The molecule has 164 valence electrons. The zero-order chi connectivity index (χ0) is 22.1. The third-order valence-electron chi connectivity index (χ3n) is 5.97. The molecule has 32 heavy (non-hydrogen) atoms.